The lowest BCUT2D eigenvalue weighted by molar-refractivity contribution is 0.0946. The molecule has 0 radical (unpaired) electrons. The number of nitrogens with zero attached hydrogens (tertiary/aromatic N) is 3. The molecule has 7 heteroatoms. The van der Waals surface area contributed by atoms with E-state index in [9.17, 15) is 9.59 Å². The Balaban J connectivity index is 1.72. The lowest BCUT2D eigenvalue weighted by atomic mass is 10.1. The Morgan fingerprint density at radius 2 is 2.22 bits per heavy atom. The molecule has 2 heterocycles. The fourth-order valence-corrected chi connectivity index (χ4v) is 2.89. The zero-order valence-corrected chi connectivity index (χ0v) is 13.2. The van der Waals surface area contributed by atoms with Crippen molar-refractivity contribution in [3.05, 3.63) is 45.9 Å². The molecule has 0 fully saturated rings. The van der Waals surface area contributed by atoms with E-state index >= 15 is 0 Å². The molecule has 0 saturated carbocycles. The van der Waals surface area contributed by atoms with Crippen LogP contribution in [0.2, 0.25) is 0 Å². The highest BCUT2D eigenvalue weighted by Crippen LogP contribution is 2.18. The summed E-state index contributed by atoms with van der Waals surface area (Å²) in [6, 6.07) is 1.73. The summed E-state index contributed by atoms with van der Waals surface area (Å²) in [5.74, 6) is -0.342. The van der Waals surface area contributed by atoms with Crippen molar-refractivity contribution in [1.29, 1.82) is 0 Å². The van der Waals surface area contributed by atoms with E-state index in [0.717, 1.165) is 43.4 Å². The molecule has 2 aromatic rings. The topological polar surface area (TPSA) is 92.7 Å². The fraction of sp³-hybridized carbons (Fsp3) is 0.500. The van der Waals surface area contributed by atoms with Gasteiger partial charge in [0.05, 0.1) is 6.04 Å². The summed E-state index contributed by atoms with van der Waals surface area (Å²) in [5.41, 5.74) is 1.96. The predicted molar refractivity (Wildman–Crippen MR) is 85.4 cm³/mol. The first-order valence-electron chi connectivity index (χ1n) is 8.02. The lowest BCUT2D eigenvalue weighted by Gasteiger charge is -2.13. The van der Waals surface area contributed by atoms with Crippen LogP contribution in [0.4, 0.5) is 0 Å². The van der Waals surface area contributed by atoms with Gasteiger partial charge in [0.15, 0.2) is 0 Å². The van der Waals surface area contributed by atoms with E-state index < -0.39 is 0 Å². The van der Waals surface area contributed by atoms with Gasteiger partial charge < -0.3 is 10.3 Å². The second kappa shape index (κ2) is 6.76. The normalized spacial score (nSPS) is 15.5. The standard InChI is InChI=1S/C16H21N5O2/c1-11(21-10-17-9-19-21)8-18-15(22)13-7-12-5-3-2-4-6-14(12)20-16(13)23/h7,9-11H,2-6,8H2,1H3,(H,18,22)(H,20,23)/t11-/m0/s1. The Morgan fingerprint density at radius 3 is 3.00 bits per heavy atom. The first kappa shape index (κ1) is 15.5. The summed E-state index contributed by atoms with van der Waals surface area (Å²) >= 11 is 0. The molecular weight excluding hydrogens is 294 g/mol. The minimum absolute atomic E-state index is 0.0265. The number of carbonyl (C=O) groups is 1. The zero-order chi connectivity index (χ0) is 16.2. The first-order chi connectivity index (χ1) is 11.1. The number of amides is 1. The van der Waals surface area contributed by atoms with E-state index in [0.29, 0.717) is 6.54 Å². The number of pyridine rings is 1. The summed E-state index contributed by atoms with van der Waals surface area (Å²) in [5, 5.41) is 6.84. The summed E-state index contributed by atoms with van der Waals surface area (Å²) in [6.07, 6.45) is 8.21. The molecule has 23 heavy (non-hydrogen) atoms. The van der Waals surface area contributed by atoms with E-state index in [4.69, 9.17) is 0 Å². The number of nitrogens with one attached hydrogen (secondary N) is 2. The second-order valence-electron chi connectivity index (χ2n) is 6.01. The number of hydrogen-bond donors (Lipinski definition) is 2. The van der Waals surface area contributed by atoms with Crippen LogP contribution in [0.3, 0.4) is 0 Å². The number of carbonyl (C=O) groups excluding carboxylic acids is 1. The zero-order valence-electron chi connectivity index (χ0n) is 13.2. The van der Waals surface area contributed by atoms with Crippen molar-refractivity contribution in [2.75, 3.05) is 6.54 Å². The Hall–Kier alpha value is -2.44. The van der Waals surface area contributed by atoms with Crippen molar-refractivity contribution in [3.63, 3.8) is 0 Å². The largest absolute Gasteiger partial charge is 0.350 e. The molecule has 3 rings (SSSR count). The van der Waals surface area contributed by atoms with Gasteiger partial charge in [0.1, 0.15) is 18.2 Å². The third-order valence-electron chi connectivity index (χ3n) is 4.28. The van der Waals surface area contributed by atoms with E-state index in [1.807, 2.05) is 6.92 Å². The van der Waals surface area contributed by atoms with Gasteiger partial charge in [-0.25, -0.2) is 9.67 Å². The lowest BCUT2D eigenvalue weighted by Crippen LogP contribution is -2.34. The number of H-pyrrole nitrogens is 1. The molecular formula is C16H21N5O2. The SMILES string of the molecule is C[C@@H](CNC(=O)c1cc2c([nH]c1=O)CCCCC2)n1cncn1. The number of hydrogen-bond acceptors (Lipinski definition) is 4. The molecule has 1 aliphatic carbocycles. The molecule has 0 unspecified atom stereocenters. The second-order valence-corrected chi connectivity index (χ2v) is 6.01. The average Bonchev–Trinajstić information content (AvgIpc) is 2.99. The molecule has 0 aromatic carbocycles. The van der Waals surface area contributed by atoms with E-state index in [2.05, 4.69) is 20.4 Å². The summed E-state index contributed by atoms with van der Waals surface area (Å²) < 4.78 is 1.67. The van der Waals surface area contributed by atoms with E-state index in [1.54, 1.807) is 17.1 Å². The number of fused-ring (bicyclic) bond motifs is 1. The van der Waals surface area contributed by atoms with Crippen LogP contribution in [0, 0.1) is 0 Å². The molecule has 122 valence electrons. The minimum atomic E-state index is -0.342. The summed E-state index contributed by atoms with van der Waals surface area (Å²) in [4.78, 5) is 31.3. The highest BCUT2D eigenvalue weighted by molar-refractivity contribution is 5.94. The molecule has 0 spiro atoms. The monoisotopic (exact) mass is 315 g/mol. The maximum Gasteiger partial charge on any atom is 0.261 e. The third-order valence-corrected chi connectivity index (χ3v) is 4.28. The molecule has 1 atom stereocenters. The molecule has 0 bridgehead atoms. The van der Waals surface area contributed by atoms with Crippen LogP contribution in [0.15, 0.2) is 23.5 Å². The Kier molecular flexibility index (Phi) is 4.55. The maximum absolute atomic E-state index is 12.3. The highest BCUT2D eigenvalue weighted by Gasteiger charge is 2.17. The fourth-order valence-electron chi connectivity index (χ4n) is 2.89. The van der Waals surface area contributed by atoms with Gasteiger partial charge in [0, 0.05) is 12.2 Å². The van der Waals surface area contributed by atoms with Crippen LogP contribution >= 0.6 is 0 Å². The van der Waals surface area contributed by atoms with Gasteiger partial charge in [-0.3, -0.25) is 9.59 Å². The van der Waals surface area contributed by atoms with Gasteiger partial charge in [0.25, 0.3) is 11.5 Å². The molecule has 1 amide bonds. The van der Waals surface area contributed by atoms with Crippen molar-refractivity contribution in [3.8, 4) is 0 Å². The van der Waals surface area contributed by atoms with Crippen molar-refractivity contribution < 1.29 is 4.79 Å². The van der Waals surface area contributed by atoms with Crippen LogP contribution in [0.5, 0.6) is 0 Å². The van der Waals surface area contributed by atoms with Crippen LogP contribution in [0.25, 0.3) is 0 Å². The minimum Gasteiger partial charge on any atom is -0.350 e. The molecule has 1 aliphatic rings. The van der Waals surface area contributed by atoms with E-state index in [1.165, 1.54) is 6.33 Å². The summed E-state index contributed by atoms with van der Waals surface area (Å²) in [6.45, 7) is 2.31. The van der Waals surface area contributed by atoms with Gasteiger partial charge in [0.2, 0.25) is 0 Å². The number of rotatable bonds is 4. The van der Waals surface area contributed by atoms with Crippen molar-refractivity contribution >= 4 is 5.91 Å². The first-order valence-corrected chi connectivity index (χ1v) is 8.02. The molecule has 0 saturated heterocycles. The summed E-state index contributed by atoms with van der Waals surface area (Å²) in [7, 11) is 0. The van der Waals surface area contributed by atoms with Gasteiger partial charge in [-0.2, -0.15) is 5.10 Å². The average molecular weight is 315 g/mol. The Labute approximate surface area is 134 Å². The number of aryl methyl sites for hydroxylation is 2. The third kappa shape index (κ3) is 3.49. The predicted octanol–water partition coefficient (Wildman–Crippen LogP) is 1.23. The smallest absolute Gasteiger partial charge is 0.261 e. The quantitative estimate of drug-likeness (QED) is 0.830. The molecule has 2 N–H and O–H groups in total. The molecule has 2 aromatic heterocycles. The van der Waals surface area contributed by atoms with Crippen molar-refractivity contribution in [2.24, 2.45) is 0 Å². The molecule has 7 nitrogen and oxygen atoms in total. The van der Waals surface area contributed by atoms with Gasteiger partial charge >= 0.3 is 0 Å². The van der Waals surface area contributed by atoms with Crippen LogP contribution in [0.1, 0.15) is 53.8 Å². The van der Waals surface area contributed by atoms with E-state index in [-0.39, 0.29) is 23.1 Å². The number of aromatic amines is 1. The van der Waals surface area contributed by atoms with Gasteiger partial charge in [-0.1, -0.05) is 6.42 Å². The van der Waals surface area contributed by atoms with Crippen LogP contribution in [-0.2, 0) is 12.8 Å². The van der Waals surface area contributed by atoms with Crippen molar-refractivity contribution in [2.45, 2.75) is 45.1 Å². The van der Waals surface area contributed by atoms with Gasteiger partial charge in [-0.05, 0) is 44.2 Å². The Bertz CT molecular complexity index is 735. The Morgan fingerprint density at radius 1 is 1.39 bits per heavy atom. The van der Waals surface area contributed by atoms with Gasteiger partial charge in [-0.15, -0.1) is 0 Å². The molecule has 0 aliphatic heterocycles. The maximum atomic E-state index is 12.3. The van der Waals surface area contributed by atoms with Crippen LogP contribution in [-0.4, -0.2) is 32.2 Å². The highest BCUT2D eigenvalue weighted by atomic mass is 16.2. The number of aromatic nitrogens is 4. The van der Waals surface area contributed by atoms with Crippen molar-refractivity contribution in [1.82, 2.24) is 25.1 Å². The van der Waals surface area contributed by atoms with Crippen LogP contribution < -0.4 is 10.9 Å².